The van der Waals surface area contributed by atoms with Gasteiger partial charge in [-0.05, 0) is 30.5 Å². The van der Waals surface area contributed by atoms with Crippen molar-refractivity contribution in [3.8, 4) is 5.75 Å². The summed E-state index contributed by atoms with van der Waals surface area (Å²) in [6.45, 7) is 5.22. The molecule has 26 heavy (non-hydrogen) atoms. The van der Waals surface area contributed by atoms with Crippen LogP contribution < -0.4 is 21.1 Å². The Kier molecular flexibility index (Phi) is 7.88. The van der Waals surface area contributed by atoms with Gasteiger partial charge in [-0.3, -0.25) is 9.59 Å². The van der Waals surface area contributed by atoms with Crippen LogP contribution in [-0.2, 0) is 15.8 Å². The Hall–Kier alpha value is -2.29. The smallest absolute Gasteiger partial charge is 0.416 e. The maximum atomic E-state index is 12.9. The van der Waals surface area contributed by atoms with Crippen molar-refractivity contribution in [3.05, 3.63) is 23.8 Å². The van der Waals surface area contributed by atoms with Gasteiger partial charge in [0.2, 0.25) is 11.8 Å². The Morgan fingerprint density at radius 1 is 1.27 bits per heavy atom. The van der Waals surface area contributed by atoms with E-state index in [-0.39, 0.29) is 24.0 Å². The zero-order valence-corrected chi connectivity index (χ0v) is 14.9. The molecule has 2 amide bonds. The van der Waals surface area contributed by atoms with Gasteiger partial charge < -0.3 is 21.1 Å². The first-order chi connectivity index (χ1) is 12.1. The molecule has 1 aromatic carbocycles. The highest BCUT2D eigenvalue weighted by Crippen LogP contribution is 2.35. The van der Waals surface area contributed by atoms with Gasteiger partial charge in [0.1, 0.15) is 5.75 Å². The molecule has 1 rings (SSSR count). The Balaban J connectivity index is 2.84. The number of carbonyl (C=O) groups excluding carboxylic acids is 2. The van der Waals surface area contributed by atoms with Crippen LogP contribution in [0.3, 0.4) is 0 Å². The molecule has 146 valence electrons. The Morgan fingerprint density at radius 3 is 2.46 bits per heavy atom. The number of nitrogens with one attached hydrogen (secondary N) is 2. The van der Waals surface area contributed by atoms with Crippen LogP contribution in [0.4, 0.5) is 18.9 Å². The first kappa shape index (κ1) is 21.8. The molecule has 0 unspecified atom stereocenters. The summed E-state index contributed by atoms with van der Waals surface area (Å²) < 4.78 is 44.0. The number of carbonyl (C=O) groups is 2. The number of hydrogen-bond donors (Lipinski definition) is 3. The molecule has 0 bridgehead atoms. The van der Waals surface area contributed by atoms with Crippen molar-refractivity contribution < 1.29 is 27.5 Å². The van der Waals surface area contributed by atoms with Gasteiger partial charge in [-0.2, -0.15) is 13.2 Å². The SMILES string of the molecule is CCCOc1ccc(C(F)(F)F)cc1NC(=O)CNC(=O)[C@@H](N)C(C)C. The first-order valence-corrected chi connectivity index (χ1v) is 8.23. The molecule has 0 aliphatic heterocycles. The molecule has 0 heterocycles. The average molecular weight is 375 g/mol. The quantitative estimate of drug-likeness (QED) is 0.651. The van der Waals surface area contributed by atoms with Crippen molar-refractivity contribution in [3.63, 3.8) is 0 Å². The van der Waals surface area contributed by atoms with E-state index in [1.54, 1.807) is 13.8 Å². The summed E-state index contributed by atoms with van der Waals surface area (Å²) in [4.78, 5) is 23.7. The van der Waals surface area contributed by atoms with E-state index in [0.29, 0.717) is 6.42 Å². The van der Waals surface area contributed by atoms with Gasteiger partial charge >= 0.3 is 6.18 Å². The molecule has 0 spiro atoms. The van der Waals surface area contributed by atoms with Crippen LogP contribution in [0, 0.1) is 5.92 Å². The van der Waals surface area contributed by atoms with Crippen LogP contribution in [0.1, 0.15) is 32.8 Å². The molecule has 0 radical (unpaired) electrons. The number of ether oxygens (including phenoxy) is 1. The van der Waals surface area contributed by atoms with E-state index in [4.69, 9.17) is 10.5 Å². The summed E-state index contributed by atoms with van der Waals surface area (Å²) in [5.74, 6) is -1.19. The minimum absolute atomic E-state index is 0.110. The summed E-state index contributed by atoms with van der Waals surface area (Å²) in [6.07, 6.45) is -3.90. The molecule has 0 saturated carbocycles. The van der Waals surface area contributed by atoms with Crippen molar-refractivity contribution in [2.45, 2.75) is 39.4 Å². The molecule has 0 saturated heterocycles. The van der Waals surface area contributed by atoms with Crippen molar-refractivity contribution in [2.75, 3.05) is 18.5 Å². The molecule has 0 fully saturated rings. The van der Waals surface area contributed by atoms with E-state index in [1.807, 2.05) is 6.92 Å². The monoisotopic (exact) mass is 375 g/mol. The number of hydrogen-bond acceptors (Lipinski definition) is 4. The minimum atomic E-state index is -4.55. The van der Waals surface area contributed by atoms with E-state index in [9.17, 15) is 22.8 Å². The Bertz CT molecular complexity index is 633. The molecular weight excluding hydrogens is 351 g/mol. The number of benzene rings is 1. The summed E-state index contributed by atoms with van der Waals surface area (Å²) in [5.41, 5.74) is 4.63. The van der Waals surface area contributed by atoms with E-state index >= 15 is 0 Å². The maximum absolute atomic E-state index is 12.9. The molecule has 6 nitrogen and oxygen atoms in total. The summed E-state index contributed by atoms with van der Waals surface area (Å²) >= 11 is 0. The molecule has 0 aliphatic rings. The fraction of sp³-hybridized carbons (Fsp3) is 0.529. The molecule has 0 aliphatic carbocycles. The summed E-state index contributed by atoms with van der Waals surface area (Å²) in [7, 11) is 0. The number of amides is 2. The first-order valence-electron chi connectivity index (χ1n) is 8.23. The van der Waals surface area contributed by atoms with E-state index in [0.717, 1.165) is 18.2 Å². The zero-order chi connectivity index (χ0) is 19.9. The van der Waals surface area contributed by atoms with Crippen molar-refractivity contribution in [2.24, 2.45) is 11.7 Å². The van der Waals surface area contributed by atoms with Crippen LogP contribution in [0.5, 0.6) is 5.75 Å². The number of alkyl halides is 3. The van der Waals surface area contributed by atoms with Gasteiger partial charge in [-0.25, -0.2) is 0 Å². The lowest BCUT2D eigenvalue weighted by molar-refractivity contribution is -0.137. The third-order valence-electron chi connectivity index (χ3n) is 3.49. The van der Waals surface area contributed by atoms with Gasteiger partial charge in [0.25, 0.3) is 0 Å². The highest BCUT2D eigenvalue weighted by Gasteiger charge is 2.31. The molecule has 1 atom stereocenters. The molecule has 4 N–H and O–H groups in total. The number of nitrogens with two attached hydrogens (primary N) is 1. The third-order valence-corrected chi connectivity index (χ3v) is 3.49. The second-order valence-corrected chi connectivity index (χ2v) is 6.09. The molecule has 9 heteroatoms. The predicted octanol–water partition coefficient (Wildman–Crippen LogP) is 2.53. The van der Waals surface area contributed by atoms with Gasteiger partial charge in [0.05, 0.1) is 30.4 Å². The lowest BCUT2D eigenvalue weighted by Crippen LogP contribution is -2.46. The second-order valence-electron chi connectivity index (χ2n) is 6.09. The standard InChI is InChI=1S/C17H24F3N3O3/c1-4-7-26-13-6-5-11(17(18,19)20)8-12(13)23-14(24)9-22-16(25)15(21)10(2)3/h5-6,8,10,15H,4,7,9,21H2,1-3H3,(H,22,25)(H,23,24)/t15-/m0/s1. The van der Waals surface area contributed by atoms with Crippen molar-refractivity contribution >= 4 is 17.5 Å². The summed E-state index contributed by atoms with van der Waals surface area (Å²) in [6, 6.07) is 2.05. The highest BCUT2D eigenvalue weighted by molar-refractivity contribution is 5.96. The van der Waals surface area contributed by atoms with E-state index < -0.39 is 36.1 Å². The molecule has 1 aromatic rings. The van der Waals surface area contributed by atoms with Crippen molar-refractivity contribution in [1.82, 2.24) is 5.32 Å². The normalized spacial score (nSPS) is 12.6. The van der Waals surface area contributed by atoms with Crippen LogP contribution in [0.15, 0.2) is 18.2 Å². The minimum Gasteiger partial charge on any atom is -0.491 e. The zero-order valence-electron chi connectivity index (χ0n) is 14.9. The number of halogens is 3. The third kappa shape index (κ3) is 6.55. The van der Waals surface area contributed by atoms with Crippen LogP contribution in [-0.4, -0.2) is 31.0 Å². The van der Waals surface area contributed by atoms with Gasteiger partial charge in [-0.15, -0.1) is 0 Å². The largest absolute Gasteiger partial charge is 0.491 e. The fourth-order valence-electron chi connectivity index (χ4n) is 1.92. The topological polar surface area (TPSA) is 93.5 Å². The maximum Gasteiger partial charge on any atom is 0.416 e. The fourth-order valence-corrected chi connectivity index (χ4v) is 1.92. The van der Waals surface area contributed by atoms with Crippen LogP contribution in [0.2, 0.25) is 0 Å². The van der Waals surface area contributed by atoms with Crippen LogP contribution in [0.25, 0.3) is 0 Å². The predicted molar refractivity (Wildman–Crippen MR) is 91.7 cm³/mol. The van der Waals surface area contributed by atoms with Crippen LogP contribution >= 0.6 is 0 Å². The summed E-state index contributed by atoms with van der Waals surface area (Å²) in [5, 5.41) is 4.69. The number of rotatable bonds is 8. The van der Waals surface area contributed by atoms with Gasteiger partial charge in [0.15, 0.2) is 0 Å². The van der Waals surface area contributed by atoms with E-state index in [1.165, 1.54) is 0 Å². The Morgan fingerprint density at radius 2 is 1.92 bits per heavy atom. The lowest BCUT2D eigenvalue weighted by atomic mass is 10.1. The van der Waals surface area contributed by atoms with Gasteiger partial charge in [0, 0.05) is 0 Å². The lowest BCUT2D eigenvalue weighted by Gasteiger charge is -2.17. The van der Waals surface area contributed by atoms with Gasteiger partial charge in [-0.1, -0.05) is 20.8 Å². The molecular formula is C17H24F3N3O3. The second kappa shape index (κ2) is 9.42. The van der Waals surface area contributed by atoms with Crippen molar-refractivity contribution in [1.29, 1.82) is 0 Å². The van der Waals surface area contributed by atoms with E-state index in [2.05, 4.69) is 10.6 Å². The Labute approximate surface area is 150 Å². The highest BCUT2D eigenvalue weighted by atomic mass is 19.4. The average Bonchev–Trinajstić information content (AvgIpc) is 2.56. The molecule has 0 aromatic heterocycles. The number of anilines is 1.